The Morgan fingerprint density at radius 3 is 2.45 bits per heavy atom. The average Bonchev–Trinajstić information content (AvgIpc) is 2.54. The van der Waals surface area contributed by atoms with Crippen LogP contribution in [-0.4, -0.2) is 5.91 Å². The second-order valence-electron chi connectivity index (χ2n) is 4.80. The number of benzene rings is 2. The number of hydrogen-bond donors (Lipinski definition) is 1. The lowest BCUT2D eigenvalue weighted by Gasteiger charge is -2.13. The molecule has 0 aliphatic heterocycles. The van der Waals surface area contributed by atoms with Crippen molar-refractivity contribution in [3.8, 4) is 6.07 Å². The highest BCUT2D eigenvalue weighted by molar-refractivity contribution is 6.01. The van der Waals surface area contributed by atoms with Crippen LogP contribution in [0.3, 0.4) is 0 Å². The molecule has 0 aromatic heterocycles. The number of nitriles is 1. The van der Waals surface area contributed by atoms with Crippen LogP contribution in [0.2, 0.25) is 0 Å². The highest BCUT2D eigenvalue weighted by Crippen LogP contribution is 2.14. The summed E-state index contributed by atoms with van der Waals surface area (Å²) in [5, 5.41) is 11.9. The summed E-state index contributed by atoms with van der Waals surface area (Å²) in [6.45, 7) is 1.82. The van der Waals surface area contributed by atoms with E-state index in [1.165, 1.54) is 18.2 Å². The third kappa shape index (κ3) is 3.80. The smallest absolute Gasteiger partial charge is 0.262 e. The molecule has 3 nitrogen and oxygen atoms in total. The van der Waals surface area contributed by atoms with Crippen molar-refractivity contribution in [2.75, 3.05) is 0 Å². The van der Waals surface area contributed by atoms with Gasteiger partial charge in [0.25, 0.3) is 5.91 Å². The number of carbonyl (C=O) groups excluding carboxylic acids is 1. The van der Waals surface area contributed by atoms with Crippen LogP contribution in [0.5, 0.6) is 0 Å². The number of hydrogen-bond acceptors (Lipinski definition) is 2. The Kier molecular flexibility index (Phi) is 5.05. The molecule has 2 aromatic carbocycles. The number of amides is 1. The molecule has 2 aromatic rings. The van der Waals surface area contributed by atoms with E-state index in [1.807, 2.05) is 43.3 Å². The highest BCUT2D eigenvalue weighted by Gasteiger charge is 2.14. The molecule has 4 heteroatoms. The standard InChI is InChI=1S/C18H15FN2O/c1-13(14-7-3-2-4-8-14)21-18(22)16(12-20)11-15-9-5-6-10-17(15)19/h2-11,13H,1H3,(H,21,22)/b16-11+/t13-/m1/s1. The summed E-state index contributed by atoms with van der Waals surface area (Å²) in [6, 6.07) is 17.0. The van der Waals surface area contributed by atoms with Crippen LogP contribution >= 0.6 is 0 Å². The zero-order valence-corrected chi connectivity index (χ0v) is 12.1. The zero-order chi connectivity index (χ0) is 15.9. The molecule has 1 amide bonds. The second-order valence-corrected chi connectivity index (χ2v) is 4.80. The molecule has 1 N–H and O–H groups in total. The molecular formula is C18H15FN2O. The van der Waals surface area contributed by atoms with Crippen LogP contribution in [0.15, 0.2) is 60.2 Å². The molecule has 0 bridgehead atoms. The Morgan fingerprint density at radius 2 is 1.82 bits per heavy atom. The number of nitrogens with one attached hydrogen (secondary N) is 1. The van der Waals surface area contributed by atoms with Gasteiger partial charge in [-0.05, 0) is 24.6 Å². The normalized spacial score (nSPS) is 12.3. The second kappa shape index (κ2) is 7.19. The lowest BCUT2D eigenvalue weighted by atomic mass is 10.1. The predicted octanol–water partition coefficient (Wildman–Crippen LogP) is 3.61. The van der Waals surface area contributed by atoms with E-state index in [0.717, 1.165) is 5.56 Å². The minimum Gasteiger partial charge on any atom is -0.345 e. The lowest BCUT2D eigenvalue weighted by Crippen LogP contribution is -2.27. The molecule has 110 valence electrons. The first-order chi connectivity index (χ1) is 10.6. The fourth-order valence-corrected chi connectivity index (χ4v) is 2.00. The van der Waals surface area contributed by atoms with Crippen molar-refractivity contribution in [2.24, 2.45) is 0 Å². The molecule has 0 saturated carbocycles. The quantitative estimate of drug-likeness (QED) is 0.692. The molecule has 22 heavy (non-hydrogen) atoms. The summed E-state index contributed by atoms with van der Waals surface area (Å²) >= 11 is 0. The maximum absolute atomic E-state index is 13.6. The van der Waals surface area contributed by atoms with Crippen molar-refractivity contribution in [3.63, 3.8) is 0 Å². The Hall–Kier alpha value is -2.93. The minimum absolute atomic E-state index is 0.132. The average molecular weight is 294 g/mol. The van der Waals surface area contributed by atoms with Crippen molar-refractivity contribution < 1.29 is 9.18 Å². The molecule has 0 aliphatic rings. The van der Waals surface area contributed by atoms with E-state index in [-0.39, 0.29) is 17.2 Å². The van der Waals surface area contributed by atoms with Gasteiger partial charge in [-0.15, -0.1) is 0 Å². The Bertz CT molecular complexity index is 732. The molecule has 0 aliphatic carbocycles. The Labute approximate surface area is 128 Å². The molecule has 0 saturated heterocycles. The van der Waals surface area contributed by atoms with Gasteiger partial charge in [-0.25, -0.2) is 4.39 Å². The van der Waals surface area contributed by atoms with Gasteiger partial charge in [-0.2, -0.15) is 5.26 Å². The van der Waals surface area contributed by atoms with Gasteiger partial charge in [0, 0.05) is 5.56 Å². The fourth-order valence-electron chi connectivity index (χ4n) is 2.00. The summed E-state index contributed by atoms with van der Waals surface area (Å²) in [4.78, 5) is 12.1. The van der Waals surface area contributed by atoms with Crippen molar-refractivity contribution in [2.45, 2.75) is 13.0 Å². The van der Waals surface area contributed by atoms with Gasteiger partial charge in [0.15, 0.2) is 0 Å². The van der Waals surface area contributed by atoms with Gasteiger partial charge in [0.2, 0.25) is 0 Å². The third-order valence-electron chi connectivity index (χ3n) is 3.22. The van der Waals surface area contributed by atoms with Crippen LogP contribution in [0, 0.1) is 17.1 Å². The molecule has 0 fully saturated rings. The third-order valence-corrected chi connectivity index (χ3v) is 3.22. The van der Waals surface area contributed by atoms with E-state index < -0.39 is 11.7 Å². The maximum Gasteiger partial charge on any atom is 0.262 e. The van der Waals surface area contributed by atoms with Gasteiger partial charge in [-0.1, -0.05) is 48.5 Å². The lowest BCUT2D eigenvalue weighted by molar-refractivity contribution is -0.117. The van der Waals surface area contributed by atoms with E-state index in [2.05, 4.69) is 5.32 Å². The summed E-state index contributed by atoms with van der Waals surface area (Å²) in [7, 11) is 0. The Morgan fingerprint density at radius 1 is 1.18 bits per heavy atom. The van der Waals surface area contributed by atoms with Crippen molar-refractivity contribution in [1.29, 1.82) is 5.26 Å². The number of halogens is 1. The zero-order valence-electron chi connectivity index (χ0n) is 12.1. The largest absolute Gasteiger partial charge is 0.345 e. The summed E-state index contributed by atoms with van der Waals surface area (Å²) in [6.07, 6.45) is 1.25. The molecule has 0 spiro atoms. The molecule has 0 radical (unpaired) electrons. The van der Waals surface area contributed by atoms with Gasteiger partial charge < -0.3 is 5.32 Å². The van der Waals surface area contributed by atoms with E-state index in [4.69, 9.17) is 5.26 Å². The van der Waals surface area contributed by atoms with E-state index in [9.17, 15) is 9.18 Å². The molecule has 0 unspecified atom stereocenters. The number of rotatable bonds is 4. The van der Waals surface area contributed by atoms with Crippen LogP contribution in [0.1, 0.15) is 24.1 Å². The maximum atomic E-state index is 13.6. The van der Waals surface area contributed by atoms with Crippen molar-refractivity contribution >= 4 is 12.0 Å². The monoisotopic (exact) mass is 294 g/mol. The topological polar surface area (TPSA) is 52.9 Å². The molecule has 2 rings (SSSR count). The number of carbonyl (C=O) groups is 1. The Balaban J connectivity index is 2.17. The van der Waals surface area contributed by atoms with E-state index >= 15 is 0 Å². The first kappa shape index (κ1) is 15.5. The van der Waals surface area contributed by atoms with Crippen LogP contribution in [0.4, 0.5) is 4.39 Å². The molecule has 0 heterocycles. The fraction of sp³-hybridized carbons (Fsp3) is 0.111. The van der Waals surface area contributed by atoms with E-state index in [1.54, 1.807) is 12.1 Å². The van der Waals surface area contributed by atoms with Crippen molar-refractivity contribution in [3.05, 3.63) is 77.1 Å². The van der Waals surface area contributed by atoms with E-state index in [0.29, 0.717) is 0 Å². The van der Waals surface area contributed by atoms with Crippen molar-refractivity contribution in [1.82, 2.24) is 5.32 Å². The van der Waals surface area contributed by atoms with Gasteiger partial charge in [0.05, 0.1) is 6.04 Å². The predicted molar refractivity (Wildman–Crippen MR) is 83.0 cm³/mol. The molecule has 1 atom stereocenters. The highest BCUT2D eigenvalue weighted by atomic mass is 19.1. The van der Waals surface area contributed by atoms with Crippen LogP contribution in [0.25, 0.3) is 6.08 Å². The number of nitrogens with zero attached hydrogens (tertiary/aromatic N) is 1. The first-order valence-corrected chi connectivity index (χ1v) is 6.84. The summed E-state index contributed by atoms with van der Waals surface area (Å²) in [5.74, 6) is -0.999. The van der Waals surface area contributed by atoms with Gasteiger partial charge >= 0.3 is 0 Å². The van der Waals surface area contributed by atoms with Crippen LogP contribution in [-0.2, 0) is 4.79 Å². The summed E-state index contributed by atoms with van der Waals surface area (Å²) in [5.41, 5.74) is 1.01. The summed E-state index contributed by atoms with van der Waals surface area (Å²) < 4.78 is 13.6. The SMILES string of the molecule is C[C@@H](NC(=O)/C(C#N)=C/c1ccccc1F)c1ccccc1. The van der Waals surface area contributed by atoms with Gasteiger partial charge in [0.1, 0.15) is 17.5 Å². The van der Waals surface area contributed by atoms with Crippen LogP contribution < -0.4 is 5.32 Å². The van der Waals surface area contributed by atoms with Gasteiger partial charge in [-0.3, -0.25) is 4.79 Å². The molecular weight excluding hydrogens is 279 g/mol. The minimum atomic E-state index is -0.526. The first-order valence-electron chi connectivity index (χ1n) is 6.84.